The van der Waals surface area contributed by atoms with E-state index in [0.29, 0.717) is 12.8 Å². The van der Waals surface area contributed by atoms with Crippen LogP contribution in [0.3, 0.4) is 0 Å². The average Bonchev–Trinajstić information content (AvgIpc) is 2.88. The summed E-state index contributed by atoms with van der Waals surface area (Å²) in [4.78, 5) is 0.191. The summed E-state index contributed by atoms with van der Waals surface area (Å²) in [5, 5.41) is 0. The van der Waals surface area contributed by atoms with Gasteiger partial charge in [-0.2, -0.15) is 8.42 Å². The molecule has 0 radical (unpaired) electrons. The Labute approximate surface area is 113 Å². The SMILES string of the molecule is Cc1ccc(S(=O)(=O)OCCCc2ccco2)cc1. The largest absolute Gasteiger partial charge is 0.469 e. The van der Waals surface area contributed by atoms with Gasteiger partial charge in [0.05, 0.1) is 17.8 Å². The molecule has 0 aliphatic rings. The number of furan rings is 1. The predicted octanol–water partition coefficient (Wildman–Crippen LogP) is 2.93. The van der Waals surface area contributed by atoms with E-state index in [0.717, 1.165) is 11.3 Å². The fraction of sp³-hybridized carbons (Fsp3) is 0.286. The second-order valence-electron chi connectivity index (χ2n) is 4.27. The van der Waals surface area contributed by atoms with E-state index in [1.165, 1.54) is 0 Å². The average molecular weight is 280 g/mol. The van der Waals surface area contributed by atoms with Gasteiger partial charge in [-0.3, -0.25) is 4.18 Å². The highest BCUT2D eigenvalue weighted by Gasteiger charge is 2.14. The van der Waals surface area contributed by atoms with Crippen LogP contribution in [0.25, 0.3) is 0 Å². The van der Waals surface area contributed by atoms with Crippen molar-refractivity contribution in [2.75, 3.05) is 6.61 Å². The molecule has 2 rings (SSSR count). The Morgan fingerprint density at radius 1 is 1.16 bits per heavy atom. The summed E-state index contributed by atoms with van der Waals surface area (Å²) in [5.74, 6) is 0.830. The fourth-order valence-electron chi connectivity index (χ4n) is 1.64. The molecule has 0 fully saturated rings. The Bertz CT molecular complexity index is 597. The maximum absolute atomic E-state index is 11.9. The molecule has 0 unspecified atom stereocenters. The summed E-state index contributed by atoms with van der Waals surface area (Å²) in [5.41, 5.74) is 1.01. The zero-order valence-electron chi connectivity index (χ0n) is 10.7. The van der Waals surface area contributed by atoms with Crippen molar-refractivity contribution in [1.29, 1.82) is 0 Å². The lowest BCUT2D eigenvalue weighted by molar-refractivity contribution is 0.308. The van der Waals surface area contributed by atoms with E-state index in [1.54, 1.807) is 36.6 Å². The van der Waals surface area contributed by atoms with Gasteiger partial charge in [0.2, 0.25) is 0 Å². The van der Waals surface area contributed by atoms with Gasteiger partial charge < -0.3 is 4.42 Å². The van der Waals surface area contributed by atoms with Crippen LogP contribution in [0.2, 0.25) is 0 Å². The van der Waals surface area contributed by atoms with E-state index < -0.39 is 10.1 Å². The van der Waals surface area contributed by atoms with Crippen molar-refractivity contribution in [3.05, 3.63) is 54.0 Å². The molecular formula is C14H16O4S. The third-order valence-electron chi connectivity index (χ3n) is 2.70. The maximum Gasteiger partial charge on any atom is 0.296 e. The van der Waals surface area contributed by atoms with Crippen LogP contribution in [-0.2, 0) is 20.7 Å². The number of hydrogen-bond donors (Lipinski definition) is 0. The summed E-state index contributed by atoms with van der Waals surface area (Å²) in [7, 11) is -3.65. The molecule has 5 heteroatoms. The summed E-state index contributed by atoms with van der Waals surface area (Å²) >= 11 is 0. The third kappa shape index (κ3) is 3.94. The maximum atomic E-state index is 11.9. The monoisotopic (exact) mass is 280 g/mol. The van der Waals surface area contributed by atoms with Crippen LogP contribution in [0.4, 0.5) is 0 Å². The van der Waals surface area contributed by atoms with E-state index in [-0.39, 0.29) is 11.5 Å². The molecule has 2 aromatic rings. The van der Waals surface area contributed by atoms with Crippen LogP contribution in [0.1, 0.15) is 17.7 Å². The molecule has 0 aliphatic carbocycles. The molecule has 0 saturated carbocycles. The molecule has 1 aromatic carbocycles. The Kier molecular flexibility index (Phi) is 4.39. The Balaban J connectivity index is 1.86. The standard InChI is InChI=1S/C14H16O4S/c1-12-6-8-14(9-7-12)19(15,16)18-11-3-5-13-4-2-10-17-13/h2,4,6-10H,3,5,11H2,1H3. The van der Waals surface area contributed by atoms with Gasteiger partial charge in [0.15, 0.2) is 0 Å². The third-order valence-corrected chi connectivity index (χ3v) is 4.02. The van der Waals surface area contributed by atoms with Gasteiger partial charge in [-0.25, -0.2) is 0 Å². The van der Waals surface area contributed by atoms with Crippen LogP contribution in [0.5, 0.6) is 0 Å². The molecule has 0 atom stereocenters. The molecule has 102 valence electrons. The Morgan fingerprint density at radius 3 is 2.53 bits per heavy atom. The molecule has 0 aliphatic heterocycles. The zero-order chi connectivity index (χ0) is 13.7. The number of benzene rings is 1. The van der Waals surface area contributed by atoms with Gasteiger partial charge in [0.1, 0.15) is 5.76 Å². The van der Waals surface area contributed by atoms with Crippen molar-refractivity contribution in [2.45, 2.75) is 24.7 Å². The molecule has 0 amide bonds. The van der Waals surface area contributed by atoms with E-state index in [2.05, 4.69) is 0 Å². The number of rotatable bonds is 6. The van der Waals surface area contributed by atoms with Gasteiger partial charge in [-0.15, -0.1) is 0 Å². The van der Waals surface area contributed by atoms with Crippen LogP contribution in [0.15, 0.2) is 52.0 Å². The molecule has 4 nitrogen and oxygen atoms in total. The van der Waals surface area contributed by atoms with E-state index >= 15 is 0 Å². The highest BCUT2D eigenvalue weighted by atomic mass is 32.2. The lowest BCUT2D eigenvalue weighted by Gasteiger charge is -2.05. The number of hydrogen-bond acceptors (Lipinski definition) is 4. The van der Waals surface area contributed by atoms with Crippen molar-refractivity contribution in [1.82, 2.24) is 0 Å². The van der Waals surface area contributed by atoms with E-state index in [4.69, 9.17) is 8.60 Å². The quantitative estimate of drug-likeness (QED) is 0.603. The summed E-state index contributed by atoms with van der Waals surface area (Å²) < 4.78 is 33.9. The normalized spacial score (nSPS) is 11.6. The summed E-state index contributed by atoms with van der Waals surface area (Å²) in [6.45, 7) is 2.05. The molecule has 0 spiro atoms. The molecule has 1 heterocycles. The van der Waals surface area contributed by atoms with Gasteiger partial charge in [-0.05, 0) is 37.6 Å². The highest BCUT2D eigenvalue weighted by molar-refractivity contribution is 7.86. The second-order valence-corrected chi connectivity index (χ2v) is 5.89. The van der Waals surface area contributed by atoms with Crippen LogP contribution in [-0.4, -0.2) is 15.0 Å². The molecule has 19 heavy (non-hydrogen) atoms. The van der Waals surface area contributed by atoms with Gasteiger partial charge in [0.25, 0.3) is 10.1 Å². The van der Waals surface area contributed by atoms with Crippen LogP contribution < -0.4 is 0 Å². The predicted molar refractivity (Wildman–Crippen MR) is 71.3 cm³/mol. The molecule has 0 bridgehead atoms. The van der Waals surface area contributed by atoms with Gasteiger partial charge in [-0.1, -0.05) is 17.7 Å². The van der Waals surface area contributed by atoms with Crippen molar-refractivity contribution in [2.24, 2.45) is 0 Å². The van der Waals surface area contributed by atoms with Crippen molar-refractivity contribution >= 4 is 10.1 Å². The lowest BCUT2D eigenvalue weighted by Crippen LogP contribution is -2.08. The second kappa shape index (κ2) is 6.04. The summed E-state index contributed by atoms with van der Waals surface area (Å²) in [6, 6.07) is 10.3. The van der Waals surface area contributed by atoms with Gasteiger partial charge in [0, 0.05) is 6.42 Å². The lowest BCUT2D eigenvalue weighted by atomic mass is 10.2. The minimum absolute atomic E-state index is 0.150. The molecular weight excluding hydrogens is 264 g/mol. The fourth-order valence-corrected chi connectivity index (χ4v) is 2.59. The molecule has 0 saturated heterocycles. The first-order valence-corrected chi connectivity index (χ1v) is 7.47. The van der Waals surface area contributed by atoms with E-state index in [9.17, 15) is 8.42 Å². The first-order chi connectivity index (χ1) is 9.08. The van der Waals surface area contributed by atoms with Crippen molar-refractivity contribution in [3.63, 3.8) is 0 Å². The Morgan fingerprint density at radius 2 is 1.89 bits per heavy atom. The van der Waals surface area contributed by atoms with Crippen molar-refractivity contribution in [3.8, 4) is 0 Å². The molecule has 1 aromatic heterocycles. The molecule has 0 N–H and O–H groups in total. The summed E-state index contributed by atoms with van der Waals surface area (Å²) in [6.07, 6.45) is 2.86. The number of aryl methyl sites for hydroxylation is 2. The van der Waals surface area contributed by atoms with E-state index in [1.807, 2.05) is 13.0 Å². The first-order valence-electron chi connectivity index (χ1n) is 6.06. The minimum Gasteiger partial charge on any atom is -0.469 e. The van der Waals surface area contributed by atoms with Crippen LogP contribution in [0, 0.1) is 6.92 Å². The smallest absolute Gasteiger partial charge is 0.296 e. The highest BCUT2D eigenvalue weighted by Crippen LogP contribution is 2.14. The minimum atomic E-state index is -3.65. The first kappa shape index (κ1) is 13.8. The van der Waals surface area contributed by atoms with Gasteiger partial charge >= 0.3 is 0 Å². The van der Waals surface area contributed by atoms with Crippen molar-refractivity contribution < 1.29 is 17.0 Å². The zero-order valence-corrected chi connectivity index (χ0v) is 11.5. The van der Waals surface area contributed by atoms with Crippen LogP contribution >= 0.6 is 0 Å². The Hall–Kier alpha value is -1.59. The topological polar surface area (TPSA) is 56.5 Å².